The van der Waals surface area contributed by atoms with Crippen molar-refractivity contribution < 1.29 is 9.52 Å². The Balaban J connectivity index is 1.10. The van der Waals surface area contributed by atoms with E-state index in [1.54, 1.807) is 0 Å². The second-order valence-corrected chi connectivity index (χ2v) is 24.7. The van der Waals surface area contributed by atoms with Gasteiger partial charge in [-0.1, -0.05) is 225 Å². The molecule has 84 heavy (non-hydrogen) atoms. The summed E-state index contributed by atoms with van der Waals surface area (Å²) in [7, 11) is 0. The smallest absolute Gasteiger partial charge is 0.159 e. The minimum Gasteiger partial charge on any atom is -0.505 e. The van der Waals surface area contributed by atoms with Crippen LogP contribution in [0.5, 0.6) is 5.75 Å². The molecule has 1 aromatic heterocycles. The average molecular weight is 1100 g/mol. The predicted octanol–water partition coefficient (Wildman–Crippen LogP) is 23.9. The largest absolute Gasteiger partial charge is 0.505 e. The first-order valence-electron chi connectivity index (χ1n) is 30.2. The maximum atomic E-state index is 13.2. The molecule has 0 aliphatic rings. The lowest BCUT2D eigenvalue weighted by molar-refractivity contribution is 0.478. The van der Waals surface area contributed by atoms with Gasteiger partial charge in [-0.2, -0.15) is 0 Å². The molecule has 0 radical (unpaired) electrons. The molecule has 0 aliphatic heterocycles. The van der Waals surface area contributed by atoms with Crippen molar-refractivity contribution in [1.82, 2.24) is 0 Å². The number of phenols is 1. The summed E-state index contributed by atoms with van der Waals surface area (Å²) in [5.41, 5.74) is 23.9. The number of nitrogens with zero attached hydrogens (tertiary/aromatic N) is 2. The summed E-state index contributed by atoms with van der Waals surface area (Å²) in [4.78, 5) is 4.88. The molecule has 13 aromatic rings. The maximum absolute atomic E-state index is 13.2. The van der Waals surface area contributed by atoms with E-state index in [1.165, 1.54) is 66.1 Å². The first-order valence-corrected chi connectivity index (χ1v) is 30.2. The van der Waals surface area contributed by atoms with Gasteiger partial charge in [0.15, 0.2) is 5.58 Å². The van der Waals surface area contributed by atoms with E-state index in [-0.39, 0.29) is 17.6 Å². The lowest BCUT2D eigenvalue weighted by atomic mass is 9.83. The van der Waals surface area contributed by atoms with Crippen LogP contribution in [0, 0.1) is 27.7 Å². The summed E-state index contributed by atoms with van der Waals surface area (Å²) in [6.45, 7) is 27.2. The fourth-order valence-electron chi connectivity index (χ4n) is 13.9. The highest BCUT2D eigenvalue weighted by molar-refractivity contribution is 6.30. The topological polar surface area (TPSA) is 39.9 Å². The Morgan fingerprint density at radius 3 is 1.25 bits per heavy atom. The number of fused-ring (bicyclic) bond motifs is 3. The van der Waals surface area contributed by atoms with Crippen molar-refractivity contribution in [2.75, 3.05) is 9.80 Å². The number of aromatic hydroxyl groups is 1. The molecule has 12 aromatic carbocycles. The highest BCUT2D eigenvalue weighted by atomic mass is 16.3. The highest BCUT2D eigenvalue weighted by Gasteiger charge is 2.31. The molecule has 4 nitrogen and oxygen atoms in total. The lowest BCUT2D eigenvalue weighted by Gasteiger charge is -2.33. The molecule has 0 amide bonds. The zero-order chi connectivity index (χ0) is 58.4. The number of benzene rings is 12. The van der Waals surface area contributed by atoms with E-state index in [4.69, 9.17) is 4.42 Å². The molecule has 1 N–H and O–H groups in total. The number of rotatable bonds is 13. The van der Waals surface area contributed by atoms with Gasteiger partial charge in [0.2, 0.25) is 0 Å². The molecule has 0 saturated carbocycles. The molecule has 4 heteroatoms. The molecule has 0 saturated heterocycles. The van der Waals surface area contributed by atoms with Crippen LogP contribution < -0.4 is 9.80 Å². The Kier molecular flexibility index (Phi) is 13.7. The van der Waals surface area contributed by atoms with E-state index >= 15 is 0 Å². The minimum absolute atomic E-state index is 0.169. The molecule has 13 rings (SSSR count). The first-order chi connectivity index (χ1) is 40.6. The maximum Gasteiger partial charge on any atom is 0.159 e. The number of aryl methyl sites for hydroxylation is 4. The summed E-state index contributed by atoms with van der Waals surface area (Å²) in [5, 5.41) is 22.6. The van der Waals surface area contributed by atoms with Gasteiger partial charge in [0.1, 0.15) is 11.3 Å². The average Bonchev–Trinajstić information content (AvgIpc) is 0.927. The molecule has 0 fully saturated rings. The van der Waals surface area contributed by atoms with Crippen LogP contribution in [0.15, 0.2) is 205 Å². The predicted molar refractivity (Wildman–Crippen MR) is 360 cm³/mol. The second-order valence-electron chi connectivity index (χ2n) is 24.7. The number of furan rings is 1. The van der Waals surface area contributed by atoms with E-state index in [0.29, 0.717) is 11.8 Å². The molecule has 0 bridgehead atoms. The van der Waals surface area contributed by atoms with E-state index < -0.39 is 0 Å². The van der Waals surface area contributed by atoms with Crippen molar-refractivity contribution in [3.8, 4) is 39.1 Å². The lowest BCUT2D eigenvalue weighted by Crippen LogP contribution is -2.15. The molecule has 0 spiro atoms. The first kappa shape index (κ1) is 54.1. The van der Waals surface area contributed by atoms with Crippen molar-refractivity contribution in [1.29, 1.82) is 0 Å². The SMILES string of the molecule is Cc1cccc(C)c1N(c1cccc(-c2cccc(-c3ccccc3C(C)C)c2)c1O)c1cc(C(C)C)c2ccc3c(N(c4c(C)cccc4C)c4cccc5c4oc4c(-c6ccccc6C(C)C)cccc45)cc(C(C)C)c4ccc1c2c43. The van der Waals surface area contributed by atoms with Gasteiger partial charge in [-0.15, -0.1) is 0 Å². The van der Waals surface area contributed by atoms with Crippen molar-refractivity contribution in [3.05, 3.63) is 245 Å². The third-order valence-electron chi connectivity index (χ3n) is 17.9. The molecular weight excluding hydrogens is 1020 g/mol. The number of anilines is 6. The monoisotopic (exact) mass is 1090 g/mol. The Hall–Kier alpha value is -9.12. The normalized spacial score (nSPS) is 12.0. The van der Waals surface area contributed by atoms with Crippen molar-refractivity contribution in [2.24, 2.45) is 0 Å². The third-order valence-corrected chi connectivity index (χ3v) is 17.9. The van der Waals surface area contributed by atoms with Crippen molar-refractivity contribution in [2.45, 2.75) is 107 Å². The molecule has 1 heterocycles. The number of hydrogen-bond donors (Lipinski definition) is 1. The van der Waals surface area contributed by atoms with Gasteiger partial charge in [-0.25, -0.2) is 0 Å². The zero-order valence-electron chi connectivity index (χ0n) is 50.6. The van der Waals surface area contributed by atoms with Crippen molar-refractivity contribution in [3.63, 3.8) is 0 Å². The quantitative estimate of drug-likeness (QED) is 0.117. The van der Waals surface area contributed by atoms with Crippen LogP contribution >= 0.6 is 0 Å². The van der Waals surface area contributed by atoms with E-state index in [1.807, 2.05) is 0 Å². The number of para-hydroxylation sites is 5. The van der Waals surface area contributed by atoms with Crippen molar-refractivity contribution >= 4 is 88.4 Å². The van der Waals surface area contributed by atoms with Gasteiger partial charge in [0.25, 0.3) is 0 Å². The van der Waals surface area contributed by atoms with Crippen LogP contribution in [0.25, 0.3) is 87.6 Å². The standard InChI is InChI=1S/C80H74N2O2/c1-46(2)56-29-13-15-31-58(56)54-27-19-28-55(43-54)59-33-21-37-70(78(59)83)81(76-50(9)23-17-24-51(76)10)72-44-68(48(5)6)61-40-42-67-73(45-69(49(7)8)62-39-41-66(72)74(61)75(62)67)82(77-52(11)25-18-26-53(77)12)71-38-22-36-65-64-35-20-34-63(79(64)84-80(65)71)60-32-16-14-30-57(60)47(3)4/h13-49,83H,1-12H3. The summed E-state index contributed by atoms with van der Waals surface area (Å²) < 4.78 is 7.42. The fraction of sp³-hybridized carbons (Fsp3) is 0.200. The van der Waals surface area contributed by atoms with Gasteiger partial charge in [0.05, 0.1) is 34.1 Å². The molecule has 416 valence electrons. The van der Waals surface area contributed by atoms with Gasteiger partial charge < -0.3 is 19.3 Å². The highest BCUT2D eigenvalue weighted by Crippen LogP contribution is 2.55. The molecule has 0 unspecified atom stereocenters. The fourth-order valence-corrected chi connectivity index (χ4v) is 13.9. The van der Waals surface area contributed by atoms with Crippen LogP contribution in [0.3, 0.4) is 0 Å². The van der Waals surface area contributed by atoms with Gasteiger partial charge >= 0.3 is 0 Å². The van der Waals surface area contributed by atoms with Gasteiger partial charge in [-0.3, -0.25) is 0 Å². The molecule has 0 aliphatic carbocycles. The third kappa shape index (κ3) is 8.80. The summed E-state index contributed by atoms with van der Waals surface area (Å²) in [5.74, 6) is 1.29. The second kappa shape index (κ2) is 21.3. The number of hydrogen-bond acceptors (Lipinski definition) is 4. The summed E-state index contributed by atoms with van der Waals surface area (Å²) >= 11 is 0. The Morgan fingerprint density at radius 1 is 0.310 bits per heavy atom. The van der Waals surface area contributed by atoms with Crippen LogP contribution in [0.4, 0.5) is 34.1 Å². The van der Waals surface area contributed by atoms with Crippen LogP contribution in [0.1, 0.15) is 124 Å². The summed E-state index contributed by atoms with van der Waals surface area (Å²) in [6.07, 6.45) is 0. The zero-order valence-corrected chi connectivity index (χ0v) is 50.6. The Morgan fingerprint density at radius 2 is 0.702 bits per heavy atom. The summed E-state index contributed by atoms with van der Waals surface area (Å²) in [6, 6.07) is 73.3. The van der Waals surface area contributed by atoms with Gasteiger partial charge in [-0.05, 0) is 170 Å². The Labute approximate surface area is 495 Å². The van der Waals surface area contributed by atoms with Crippen LogP contribution in [-0.4, -0.2) is 5.11 Å². The minimum atomic E-state index is 0.169. The van der Waals surface area contributed by atoms with Crippen LogP contribution in [0.2, 0.25) is 0 Å². The van der Waals surface area contributed by atoms with Gasteiger partial charge in [0, 0.05) is 32.7 Å². The van der Waals surface area contributed by atoms with Crippen LogP contribution in [-0.2, 0) is 0 Å². The van der Waals surface area contributed by atoms with E-state index in [2.05, 4.69) is 293 Å². The molecule has 0 atom stereocenters. The molecular formula is C80H74N2O2. The Bertz CT molecular complexity index is 4660. The van der Waals surface area contributed by atoms with E-state index in [0.717, 1.165) is 100 Å². The van der Waals surface area contributed by atoms with E-state index in [9.17, 15) is 5.11 Å². The number of phenolic OH excluding ortho intramolecular Hbond substituents is 1.